The number of alkyl halides is 3. The molecule has 0 spiro atoms. The molecule has 0 bridgehead atoms. The van der Waals surface area contributed by atoms with Crippen LogP contribution < -0.4 is 0 Å². The minimum atomic E-state index is -4.12. The van der Waals surface area contributed by atoms with E-state index in [1.165, 1.54) is 0 Å². The smallest absolute Gasteiger partial charge is 0.390 e. The van der Waals surface area contributed by atoms with Crippen LogP contribution in [0.1, 0.15) is 12.8 Å². The SMILES string of the molecule is CN(CCC(F)(F)F)CC1(CO)CCOC1. The fourth-order valence-electron chi connectivity index (χ4n) is 1.92. The number of halogens is 3. The molecule has 0 amide bonds. The van der Waals surface area contributed by atoms with Gasteiger partial charge in [-0.3, -0.25) is 0 Å². The molecule has 6 heteroatoms. The van der Waals surface area contributed by atoms with E-state index < -0.39 is 12.6 Å². The molecule has 0 aliphatic carbocycles. The van der Waals surface area contributed by atoms with E-state index in [2.05, 4.69) is 0 Å². The topological polar surface area (TPSA) is 32.7 Å². The highest BCUT2D eigenvalue weighted by Gasteiger charge is 2.36. The van der Waals surface area contributed by atoms with Crippen molar-refractivity contribution in [3.05, 3.63) is 0 Å². The lowest BCUT2D eigenvalue weighted by atomic mass is 9.88. The summed E-state index contributed by atoms with van der Waals surface area (Å²) in [6.45, 7) is 1.38. The first kappa shape index (κ1) is 13.7. The Morgan fingerprint density at radius 1 is 1.44 bits per heavy atom. The van der Waals surface area contributed by atoms with Gasteiger partial charge in [-0.25, -0.2) is 0 Å². The molecule has 0 aromatic heterocycles. The van der Waals surface area contributed by atoms with Crippen molar-refractivity contribution in [1.82, 2.24) is 4.90 Å². The molecular formula is C10H18F3NO2. The highest BCUT2D eigenvalue weighted by molar-refractivity contribution is 4.85. The average Bonchev–Trinajstić information content (AvgIpc) is 2.63. The molecule has 1 saturated heterocycles. The zero-order valence-corrected chi connectivity index (χ0v) is 9.39. The maximum Gasteiger partial charge on any atom is 0.390 e. The van der Waals surface area contributed by atoms with Crippen LogP contribution in [-0.2, 0) is 4.74 Å². The van der Waals surface area contributed by atoms with E-state index in [1.807, 2.05) is 0 Å². The second kappa shape index (κ2) is 5.33. The Morgan fingerprint density at radius 3 is 2.56 bits per heavy atom. The molecule has 0 aromatic rings. The molecule has 1 fully saturated rings. The maximum absolute atomic E-state index is 12.0. The minimum absolute atomic E-state index is 0.0365. The molecule has 3 nitrogen and oxygen atoms in total. The van der Waals surface area contributed by atoms with E-state index in [4.69, 9.17) is 4.74 Å². The van der Waals surface area contributed by atoms with Gasteiger partial charge >= 0.3 is 6.18 Å². The van der Waals surface area contributed by atoms with Crippen LogP contribution >= 0.6 is 0 Å². The van der Waals surface area contributed by atoms with Gasteiger partial charge in [0.25, 0.3) is 0 Å². The van der Waals surface area contributed by atoms with Gasteiger partial charge in [-0.15, -0.1) is 0 Å². The number of hydrogen-bond acceptors (Lipinski definition) is 3. The lowest BCUT2D eigenvalue weighted by molar-refractivity contribution is -0.138. The summed E-state index contributed by atoms with van der Waals surface area (Å²) in [6, 6.07) is 0. The van der Waals surface area contributed by atoms with Crippen molar-refractivity contribution in [2.24, 2.45) is 5.41 Å². The van der Waals surface area contributed by atoms with Crippen LogP contribution in [0.2, 0.25) is 0 Å². The first-order valence-corrected chi connectivity index (χ1v) is 5.31. The normalized spacial score (nSPS) is 26.6. The maximum atomic E-state index is 12.0. The van der Waals surface area contributed by atoms with E-state index in [0.29, 0.717) is 26.2 Å². The van der Waals surface area contributed by atoms with Gasteiger partial charge in [-0.05, 0) is 13.5 Å². The van der Waals surface area contributed by atoms with Crippen LogP contribution in [0.3, 0.4) is 0 Å². The molecule has 0 radical (unpaired) electrons. The minimum Gasteiger partial charge on any atom is -0.396 e. The van der Waals surface area contributed by atoms with Gasteiger partial charge in [-0.2, -0.15) is 13.2 Å². The Bertz CT molecular complexity index is 215. The predicted molar refractivity (Wildman–Crippen MR) is 53.1 cm³/mol. The monoisotopic (exact) mass is 241 g/mol. The van der Waals surface area contributed by atoms with E-state index in [0.717, 1.165) is 0 Å². The third-order valence-electron chi connectivity index (χ3n) is 2.90. The average molecular weight is 241 g/mol. The number of aliphatic hydroxyl groups excluding tert-OH is 1. The molecule has 1 atom stereocenters. The molecule has 16 heavy (non-hydrogen) atoms. The van der Waals surface area contributed by atoms with E-state index in [9.17, 15) is 18.3 Å². The van der Waals surface area contributed by atoms with Gasteiger partial charge in [0, 0.05) is 25.1 Å². The Labute approximate surface area is 93.2 Å². The summed E-state index contributed by atoms with van der Waals surface area (Å²) < 4.78 is 41.2. The van der Waals surface area contributed by atoms with E-state index in [1.54, 1.807) is 11.9 Å². The van der Waals surface area contributed by atoms with Crippen molar-refractivity contribution >= 4 is 0 Å². The number of ether oxygens (including phenoxy) is 1. The predicted octanol–water partition coefficient (Wildman–Crippen LogP) is 1.27. The Balaban J connectivity index is 2.35. The molecule has 0 aromatic carbocycles. The van der Waals surface area contributed by atoms with Gasteiger partial charge < -0.3 is 14.7 Å². The standard InChI is InChI=1S/C10H18F3NO2/c1-14(4-2-10(11,12)13)6-9(7-15)3-5-16-8-9/h15H,2-8H2,1H3. The zero-order chi connectivity index (χ0) is 12.2. The Morgan fingerprint density at radius 2 is 2.12 bits per heavy atom. The van der Waals surface area contributed by atoms with Crippen LogP contribution in [0.4, 0.5) is 13.2 Å². The second-order valence-electron chi connectivity index (χ2n) is 4.56. The number of hydrogen-bond donors (Lipinski definition) is 1. The van der Waals surface area contributed by atoms with Gasteiger partial charge in [-0.1, -0.05) is 0 Å². The van der Waals surface area contributed by atoms with Crippen LogP contribution in [0, 0.1) is 5.41 Å². The van der Waals surface area contributed by atoms with Crippen molar-refractivity contribution in [3.63, 3.8) is 0 Å². The van der Waals surface area contributed by atoms with Crippen molar-refractivity contribution in [1.29, 1.82) is 0 Å². The molecule has 1 unspecified atom stereocenters. The largest absolute Gasteiger partial charge is 0.396 e. The van der Waals surface area contributed by atoms with Crippen LogP contribution in [0.5, 0.6) is 0 Å². The third-order valence-corrected chi connectivity index (χ3v) is 2.90. The molecule has 1 heterocycles. The summed E-state index contributed by atoms with van der Waals surface area (Å²) >= 11 is 0. The van der Waals surface area contributed by atoms with Gasteiger partial charge in [0.05, 0.1) is 19.6 Å². The third kappa shape index (κ3) is 4.27. The van der Waals surface area contributed by atoms with Crippen LogP contribution in [0.25, 0.3) is 0 Å². The zero-order valence-electron chi connectivity index (χ0n) is 9.39. The lowest BCUT2D eigenvalue weighted by Crippen LogP contribution is -2.40. The van der Waals surface area contributed by atoms with Crippen molar-refractivity contribution in [3.8, 4) is 0 Å². The van der Waals surface area contributed by atoms with Gasteiger partial charge in [0.1, 0.15) is 0 Å². The summed E-state index contributed by atoms with van der Waals surface area (Å²) in [6.07, 6.45) is -4.22. The molecule has 0 saturated carbocycles. The van der Waals surface area contributed by atoms with Gasteiger partial charge in [0.2, 0.25) is 0 Å². The quantitative estimate of drug-likeness (QED) is 0.786. The van der Waals surface area contributed by atoms with Crippen LogP contribution in [0.15, 0.2) is 0 Å². The van der Waals surface area contributed by atoms with Crippen molar-refractivity contribution in [2.75, 3.05) is 40.0 Å². The van der Waals surface area contributed by atoms with Crippen molar-refractivity contribution < 1.29 is 23.0 Å². The Hall–Kier alpha value is -0.330. The molecule has 1 aliphatic heterocycles. The fourth-order valence-corrected chi connectivity index (χ4v) is 1.92. The summed E-state index contributed by atoms with van der Waals surface area (Å²) in [5.74, 6) is 0. The first-order valence-electron chi connectivity index (χ1n) is 5.31. The molecular weight excluding hydrogens is 223 g/mol. The van der Waals surface area contributed by atoms with Gasteiger partial charge in [0.15, 0.2) is 0 Å². The van der Waals surface area contributed by atoms with Crippen molar-refractivity contribution in [2.45, 2.75) is 19.0 Å². The number of aliphatic hydroxyl groups is 1. The number of nitrogens with zero attached hydrogens (tertiary/aromatic N) is 1. The molecule has 1 aliphatic rings. The van der Waals surface area contributed by atoms with E-state index >= 15 is 0 Å². The first-order chi connectivity index (χ1) is 7.37. The summed E-state index contributed by atoms with van der Waals surface area (Å²) in [5, 5.41) is 9.26. The number of rotatable bonds is 5. The van der Waals surface area contributed by atoms with E-state index in [-0.39, 0.29) is 18.6 Å². The molecule has 1 rings (SSSR count). The summed E-state index contributed by atoms with van der Waals surface area (Å²) in [7, 11) is 1.64. The fraction of sp³-hybridized carbons (Fsp3) is 1.00. The summed E-state index contributed by atoms with van der Waals surface area (Å²) in [5.41, 5.74) is -0.375. The summed E-state index contributed by atoms with van der Waals surface area (Å²) in [4.78, 5) is 1.61. The lowest BCUT2D eigenvalue weighted by Gasteiger charge is -2.30. The highest BCUT2D eigenvalue weighted by atomic mass is 19.4. The van der Waals surface area contributed by atoms with Crippen LogP contribution in [-0.4, -0.2) is 56.1 Å². The molecule has 1 N–H and O–H groups in total. The second-order valence-corrected chi connectivity index (χ2v) is 4.56. The molecule has 96 valence electrons. The highest BCUT2D eigenvalue weighted by Crippen LogP contribution is 2.29. The Kier molecular flexibility index (Phi) is 4.58.